The molecule has 0 radical (unpaired) electrons. The first-order valence-electron chi connectivity index (χ1n) is 6.70. The number of hydrogen-bond acceptors (Lipinski definition) is 7. The molecule has 0 saturated heterocycles. The highest BCUT2D eigenvalue weighted by Crippen LogP contribution is 1.99. The van der Waals surface area contributed by atoms with Crippen molar-refractivity contribution in [3.05, 3.63) is 0 Å². The minimum absolute atomic E-state index is 0.193. The number of unbranched alkanes of at least 4 members (excludes halogenated alkanes) is 1. The number of rotatable bonds is 10. The van der Waals surface area contributed by atoms with Gasteiger partial charge in [0.2, 0.25) is 6.04 Å². The van der Waals surface area contributed by atoms with E-state index in [9.17, 15) is 14.4 Å². The van der Waals surface area contributed by atoms with Crippen LogP contribution in [0.2, 0.25) is 0 Å². The maximum atomic E-state index is 11.6. The molecular formula is C13H23NO6. The van der Waals surface area contributed by atoms with E-state index in [2.05, 4.69) is 10.1 Å². The smallest absolute Gasteiger partial charge is 0.334 e. The third-order valence-electron chi connectivity index (χ3n) is 2.43. The molecule has 0 aliphatic rings. The number of carbonyl (C=O) groups is 3. The van der Waals surface area contributed by atoms with Gasteiger partial charge in [0.05, 0.1) is 20.3 Å². The average molecular weight is 289 g/mol. The summed E-state index contributed by atoms with van der Waals surface area (Å²) < 4.78 is 14.1. The highest BCUT2D eigenvalue weighted by atomic mass is 16.6. The van der Waals surface area contributed by atoms with Gasteiger partial charge in [0, 0.05) is 6.42 Å². The van der Waals surface area contributed by atoms with Gasteiger partial charge in [-0.15, -0.1) is 0 Å². The SMILES string of the molecule is CCOC(=O)C(NCCCCC(=O)OC)C(=O)OCC. The van der Waals surface area contributed by atoms with Gasteiger partial charge in [-0.05, 0) is 33.2 Å². The van der Waals surface area contributed by atoms with E-state index in [4.69, 9.17) is 9.47 Å². The van der Waals surface area contributed by atoms with Crippen molar-refractivity contribution in [1.29, 1.82) is 0 Å². The van der Waals surface area contributed by atoms with E-state index in [1.807, 2.05) is 0 Å². The van der Waals surface area contributed by atoms with Gasteiger partial charge in [-0.3, -0.25) is 10.1 Å². The Labute approximate surface area is 118 Å². The van der Waals surface area contributed by atoms with Crippen molar-refractivity contribution >= 4 is 17.9 Å². The molecule has 0 aromatic heterocycles. The summed E-state index contributed by atoms with van der Waals surface area (Å²) in [6.45, 7) is 4.11. The minimum Gasteiger partial charge on any atom is -0.469 e. The second-order valence-corrected chi connectivity index (χ2v) is 3.92. The van der Waals surface area contributed by atoms with Gasteiger partial charge in [0.1, 0.15) is 0 Å². The lowest BCUT2D eigenvalue weighted by molar-refractivity contribution is -0.158. The van der Waals surface area contributed by atoms with Crippen LogP contribution in [0.5, 0.6) is 0 Å². The second-order valence-electron chi connectivity index (χ2n) is 3.92. The molecule has 7 heteroatoms. The van der Waals surface area contributed by atoms with Gasteiger partial charge < -0.3 is 14.2 Å². The van der Waals surface area contributed by atoms with E-state index in [0.29, 0.717) is 25.8 Å². The highest BCUT2D eigenvalue weighted by molar-refractivity contribution is 5.99. The van der Waals surface area contributed by atoms with Crippen molar-refractivity contribution in [2.24, 2.45) is 0 Å². The monoisotopic (exact) mass is 289 g/mol. The van der Waals surface area contributed by atoms with Crippen LogP contribution >= 0.6 is 0 Å². The van der Waals surface area contributed by atoms with Crippen molar-refractivity contribution in [2.75, 3.05) is 26.9 Å². The summed E-state index contributed by atoms with van der Waals surface area (Å²) in [5.74, 6) is -1.59. The third kappa shape index (κ3) is 7.73. The Morgan fingerprint density at radius 2 is 1.55 bits per heavy atom. The average Bonchev–Trinajstić information content (AvgIpc) is 2.42. The summed E-state index contributed by atoms with van der Waals surface area (Å²) in [6.07, 6.45) is 1.55. The first kappa shape index (κ1) is 18.4. The molecule has 0 aliphatic heterocycles. The minimum atomic E-state index is -1.12. The number of carbonyl (C=O) groups excluding carboxylic acids is 3. The van der Waals surface area contributed by atoms with Gasteiger partial charge in [-0.2, -0.15) is 0 Å². The van der Waals surface area contributed by atoms with Crippen LogP contribution in [0.25, 0.3) is 0 Å². The summed E-state index contributed by atoms with van der Waals surface area (Å²) in [7, 11) is 1.33. The van der Waals surface area contributed by atoms with E-state index in [1.54, 1.807) is 13.8 Å². The number of hydrogen-bond donors (Lipinski definition) is 1. The van der Waals surface area contributed by atoms with E-state index >= 15 is 0 Å². The van der Waals surface area contributed by atoms with Gasteiger partial charge in [-0.1, -0.05) is 0 Å². The molecule has 1 N–H and O–H groups in total. The molecule has 0 unspecified atom stereocenters. The Morgan fingerprint density at radius 1 is 1.00 bits per heavy atom. The van der Waals surface area contributed by atoms with E-state index < -0.39 is 18.0 Å². The molecule has 0 fully saturated rings. The molecule has 0 spiro atoms. The largest absolute Gasteiger partial charge is 0.469 e. The molecule has 0 atom stereocenters. The van der Waals surface area contributed by atoms with Gasteiger partial charge >= 0.3 is 17.9 Å². The van der Waals surface area contributed by atoms with Crippen molar-refractivity contribution in [2.45, 2.75) is 39.2 Å². The molecule has 0 rings (SSSR count). The number of methoxy groups -OCH3 is 1. The summed E-state index contributed by atoms with van der Waals surface area (Å²) in [4.78, 5) is 34.1. The molecule has 20 heavy (non-hydrogen) atoms. The number of nitrogens with one attached hydrogen (secondary N) is 1. The third-order valence-corrected chi connectivity index (χ3v) is 2.43. The Bertz CT molecular complexity index is 300. The highest BCUT2D eigenvalue weighted by Gasteiger charge is 2.28. The molecular weight excluding hydrogens is 266 g/mol. The summed E-state index contributed by atoms with van der Waals surface area (Å²) in [6, 6.07) is -1.12. The standard InChI is InChI=1S/C13H23NO6/c1-4-19-12(16)11(13(17)20-5-2)14-9-7-6-8-10(15)18-3/h11,14H,4-9H2,1-3H3. The van der Waals surface area contributed by atoms with Crippen LogP contribution in [0.4, 0.5) is 0 Å². The molecule has 0 aliphatic carbocycles. The Balaban J connectivity index is 4.13. The molecule has 7 nitrogen and oxygen atoms in total. The molecule has 0 heterocycles. The van der Waals surface area contributed by atoms with Crippen LogP contribution in [0.1, 0.15) is 33.1 Å². The van der Waals surface area contributed by atoms with Crippen molar-refractivity contribution in [3.8, 4) is 0 Å². The normalized spacial score (nSPS) is 10.2. The fourth-order valence-electron chi connectivity index (χ4n) is 1.46. The Morgan fingerprint density at radius 3 is 2.00 bits per heavy atom. The molecule has 0 aromatic carbocycles. The lowest BCUT2D eigenvalue weighted by Gasteiger charge is -2.15. The zero-order valence-corrected chi connectivity index (χ0v) is 12.3. The summed E-state index contributed by atoms with van der Waals surface area (Å²) in [5, 5.41) is 2.78. The van der Waals surface area contributed by atoms with E-state index in [0.717, 1.165) is 0 Å². The predicted molar refractivity (Wildman–Crippen MR) is 70.9 cm³/mol. The van der Waals surface area contributed by atoms with Crippen LogP contribution in [0.3, 0.4) is 0 Å². The zero-order valence-electron chi connectivity index (χ0n) is 12.3. The first-order valence-corrected chi connectivity index (χ1v) is 6.70. The van der Waals surface area contributed by atoms with Crippen molar-refractivity contribution in [3.63, 3.8) is 0 Å². The molecule has 0 bridgehead atoms. The van der Waals surface area contributed by atoms with Crippen LogP contribution in [-0.2, 0) is 28.6 Å². The quantitative estimate of drug-likeness (QED) is 0.269. The van der Waals surface area contributed by atoms with Gasteiger partial charge in [0.15, 0.2) is 0 Å². The van der Waals surface area contributed by atoms with E-state index in [-0.39, 0.29) is 19.2 Å². The van der Waals surface area contributed by atoms with Gasteiger partial charge in [-0.25, -0.2) is 9.59 Å². The maximum Gasteiger partial charge on any atom is 0.334 e. The molecule has 0 amide bonds. The lowest BCUT2D eigenvalue weighted by Crippen LogP contribution is -2.46. The van der Waals surface area contributed by atoms with E-state index in [1.165, 1.54) is 7.11 Å². The first-order chi connectivity index (χ1) is 9.56. The lowest BCUT2D eigenvalue weighted by atomic mass is 10.2. The zero-order chi connectivity index (χ0) is 15.4. The second kappa shape index (κ2) is 11.2. The van der Waals surface area contributed by atoms with Crippen LogP contribution in [-0.4, -0.2) is 50.8 Å². The van der Waals surface area contributed by atoms with Gasteiger partial charge in [0.25, 0.3) is 0 Å². The number of esters is 3. The Kier molecular flexibility index (Phi) is 10.3. The molecule has 0 aromatic rings. The fourth-order valence-corrected chi connectivity index (χ4v) is 1.46. The summed E-state index contributed by atoms with van der Waals surface area (Å²) in [5.41, 5.74) is 0. The number of ether oxygens (including phenoxy) is 3. The predicted octanol–water partition coefficient (Wildman–Crippen LogP) is 0.414. The van der Waals surface area contributed by atoms with Crippen molar-refractivity contribution < 1.29 is 28.6 Å². The molecule has 116 valence electrons. The van der Waals surface area contributed by atoms with Crippen LogP contribution in [0, 0.1) is 0 Å². The fraction of sp³-hybridized carbons (Fsp3) is 0.769. The van der Waals surface area contributed by atoms with Crippen molar-refractivity contribution in [1.82, 2.24) is 5.32 Å². The van der Waals surface area contributed by atoms with Crippen LogP contribution in [0.15, 0.2) is 0 Å². The topological polar surface area (TPSA) is 90.9 Å². The Hall–Kier alpha value is -1.63. The molecule has 0 saturated carbocycles. The van der Waals surface area contributed by atoms with Crippen LogP contribution < -0.4 is 5.32 Å². The maximum absolute atomic E-state index is 11.6. The summed E-state index contributed by atoms with van der Waals surface area (Å²) >= 11 is 0.